The molecule has 3 rings (SSSR count). The van der Waals surface area contributed by atoms with Crippen LogP contribution in [0.2, 0.25) is 5.02 Å². The molecule has 0 amide bonds. The molecular weight excluding hydrogens is 400 g/mol. The zero-order chi connectivity index (χ0) is 20.5. The fourth-order valence-corrected chi connectivity index (χ4v) is 3.35. The summed E-state index contributed by atoms with van der Waals surface area (Å²) in [5.41, 5.74) is 3.14. The first-order valence-corrected chi connectivity index (χ1v) is 10.6. The number of nitrogens with zero attached hydrogens (tertiary/aromatic N) is 2. The van der Waals surface area contributed by atoms with Crippen LogP contribution < -0.4 is 0 Å². The van der Waals surface area contributed by atoms with Crippen molar-refractivity contribution in [1.82, 2.24) is 0 Å². The van der Waals surface area contributed by atoms with Gasteiger partial charge in [0.25, 0.3) is 0 Å². The Morgan fingerprint density at radius 1 is 0.897 bits per heavy atom. The summed E-state index contributed by atoms with van der Waals surface area (Å²) in [7, 11) is -1.55. The van der Waals surface area contributed by atoms with Gasteiger partial charge in [0.05, 0.1) is 4.90 Å². The Morgan fingerprint density at radius 2 is 1.59 bits per heavy atom. The minimum Gasteiger partial charge on any atom is -0.228 e. The van der Waals surface area contributed by atoms with Crippen molar-refractivity contribution < 1.29 is 4.21 Å². The molecule has 0 fully saturated rings. The van der Waals surface area contributed by atoms with E-state index < -0.39 is 11.0 Å². The molecule has 0 aromatic heterocycles. The first kappa shape index (κ1) is 20.9. The Bertz CT molecular complexity index is 1030. The Labute approximate surface area is 179 Å². The van der Waals surface area contributed by atoms with E-state index in [-0.39, 0.29) is 6.04 Å². The standard InChI is InChI=1S/C24H21ClN2OS/c1-19-11-17-23(18-12-19)29(28)27-26-24(21-13-15-22(25)16-14-21)10-6-5-9-20-7-3-2-4-8-20/h2-18,24H,1H3. The average molecular weight is 421 g/mol. The Morgan fingerprint density at radius 3 is 2.28 bits per heavy atom. The van der Waals surface area contributed by atoms with E-state index in [9.17, 15) is 4.21 Å². The predicted octanol–water partition coefficient (Wildman–Crippen LogP) is 7.13. The van der Waals surface area contributed by atoms with Crippen LogP contribution in [0.25, 0.3) is 6.08 Å². The van der Waals surface area contributed by atoms with Crippen molar-refractivity contribution in [3.8, 4) is 0 Å². The van der Waals surface area contributed by atoms with Crippen LogP contribution in [0, 0.1) is 6.92 Å². The summed E-state index contributed by atoms with van der Waals surface area (Å²) in [5, 5.41) is 4.98. The van der Waals surface area contributed by atoms with Crippen molar-refractivity contribution in [2.75, 3.05) is 0 Å². The monoisotopic (exact) mass is 420 g/mol. The van der Waals surface area contributed by atoms with Gasteiger partial charge in [-0.25, -0.2) is 4.21 Å². The van der Waals surface area contributed by atoms with Crippen LogP contribution in [0.3, 0.4) is 0 Å². The highest BCUT2D eigenvalue weighted by Gasteiger charge is 2.08. The molecule has 3 aromatic rings. The molecule has 0 spiro atoms. The lowest BCUT2D eigenvalue weighted by molar-refractivity contribution is 0.680. The molecule has 0 aliphatic heterocycles. The zero-order valence-corrected chi connectivity index (χ0v) is 17.6. The van der Waals surface area contributed by atoms with Crippen LogP contribution in [0.15, 0.2) is 112 Å². The van der Waals surface area contributed by atoms with Crippen molar-refractivity contribution in [3.05, 3.63) is 119 Å². The molecule has 0 radical (unpaired) electrons. The van der Waals surface area contributed by atoms with Gasteiger partial charge in [0, 0.05) is 5.02 Å². The molecule has 0 aliphatic rings. The van der Waals surface area contributed by atoms with E-state index in [1.165, 1.54) is 0 Å². The maximum atomic E-state index is 12.5. The summed E-state index contributed by atoms with van der Waals surface area (Å²) in [5.74, 6) is 0. The highest BCUT2D eigenvalue weighted by Crippen LogP contribution is 2.23. The normalized spacial score (nSPS) is 14.0. The maximum absolute atomic E-state index is 12.5. The number of benzene rings is 3. The topological polar surface area (TPSA) is 41.8 Å². The number of halogens is 1. The first-order valence-electron chi connectivity index (χ1n) is 9.16. The Hall–Kier alpha value is -2.82. The van der Waals surface area contributed by atoms with Crippen LogP contribution >= 0.6 is 11.6 Å². The van der Waals surface area contributed by atoms with Gasteiger partial charge in [-0.05, 0) is 42.3 Å². The molecule has 2 unspecified atom stereocenters. The van der Waals surface area contributed by atoms with Crippen molar-refractivity contribution >= 4 is 28.7 Å². The molecule has 146 valence electrons. The van der Waals surface area contributed by atoms with Crippen LogP contribution in [0.1, 0.15) is 22.7 Å². The molecule has 0 heterocycles. The number of rotatable bonds is 7. The quantitative estimate of drug-likeness (QED) is 0.296. The third-order valence-corrected chi connectivity index (χ3v) is 5.34. The van der Waals surface area contributed by atoms with Gasteiger partial charge in [-0.1, -0.05) is 101 Å². The summed E-state index contributed by atoms with van der Waals surface area (Å²) >= 11 is 6.00. The molecule has 3 aromatic carbocycles. The third-order valence-electron chi connectivity index (χ3n) is 4.17. The second-order valence-electron chi connectivity index (χ2n) is 6.41. The average Bonchev–Trinajstić information content (AvgIpc) is 2.75. The lowest BCUT2D eigenvalue weighted by Crippen LogP contribution is -1.92. The van der Waals surface area contributed by atoms with Gasteiger partial charge >= 0.3 is 0 Å². The van der Waals surface area contributed by atoms with Gasteiger partial charge in [0.15, 0.2) is 11.0 Å². The van der Waals surface area contributed by atoms with Gasteiger partial charge in [0.2, 0.25) is 0 Å². The Kier molecular flexibility index (Phi) is 7.68. The highest BCUT2D eigenvalue weighted by molar-refractivity contribution is 7.83. The van der Waals surface area contributed by atoms with E-state index in [1.807, 2.05) is 98.0 Å². The van der Waals surface area contributed by atoms with E-state index in [1.54, 1.807) is 12.1 Å². The van der Waals surface area contributed by atoms with Crippen LogP contribution in [0.4, 0.5) is 0 Å². The van der Waals surface area contributed by atoms with Gasteiger partial charge < -0.3 is 0 Å². The summed E-state index contributed by atoms with van der Waals surface area (Å²) < 4.78 is 16.5. The number of allylic oxidation sites excluding steroid dienone is 2. The zero-order valence-electron chi connectivity index (χ0n) is 16.0. The van der Waals surface area contributed by atoms with Crippen molar-refractivity contribution in [2.45, 2.75) is 17.9 Å². The summed E-state index contributed by atoms with van der Waals surface area (Å²) in [6.45, 7) is 1.98. The molecule has 2 atom stereocenters. The van der Waals surface area contributed by atoms with Crippen molar-refractivity contribution in [2.24, 2.45) is 9.63 Å². The van der Waals surface area contributed by atoms with Gasteiger partial charge in [-0.15, -0.1) is 0 Å². The van der Waals surface area contributed by atoms with Gasteiger partial charge in [-0.2, -0.15) is 5.11 Å². The molecule has 0 bridgehead atoms. The van der Waals surface area contributed by atoms with Crippen LogP contribution in [-0.4, -0.2) is 4.21 Å². The lowest BCUT2D eigenvalue weighted by atomic mass is 10.1. The highest BCUT2D eigenvalue weighted by atomic mass is 35.5. The molecule has 3 nitrogen and oxygen atoms in total. The van der Waals surface area contributed by atoms with E-state index in [4.69, 9.17) is 11.6 Å². The van der Waals surface area contributed by atoms with Gasteiger partial charge in [-0.3, -0.25) is 0 Å². The van der Waals surface area contributed by atoms with Crippen molar-refractivity contribution in [3.63, 3.8) is 0 Å². The van der Waals surface area contributed by atoms with E-state index in [2.05, 4.69) is 9.63 Å². The fourth-order valence-electron chi connectivity index (χ4n) is 2.57. The van der Waals surface area contributed by atoms with Crippen LogP contribution in [0.5, 0.6) is 0 Å². The number of hydrogen-bond acceptors (Lipinski definition) is 2. The minimum atomic E-state index is -1.55. The van der Waals surface area contributed by atoms with Crippen LogP contribution in [-0.2, 0) is 11.0 Å². The molecule has 29 heavy (non-hydrogen) atoms. The molecule has 0 saturated carbocycles. The summed E-state index contributed by atoms with van der Waals surface area (Å²) in [4.78, 5) is 0.627. The predicted molar refractivity (Wildman–Crippen MR) is 121 cm³/mol. The first-order chi connectivity index (χ1) is 14.1. The molecule has 5 heteroatoms. The van der Waals surface area contributed by atoms with Crippen molar-refractivity contribution in [1.29, 1.82) is 0 Å². The minimum absolute atomic E-state index is 0.359. The fraction of sp³-hybridized carbons (Fsp3) is 0.0833. The largest absolute Gasteiger partial charge is 0.228 e. The number of hydrogen-bond donors (Lipinski definition) is 0. The second-order valence-corrected chi connectivity index (χ2v) is 7.98. The lowest BCUT2D eigenvalue weighted by Gasteiger charge is -2.06. The maximum Gasteiger partial charge on any atom is 0.191 e. The Balaban J connectivity index is 1.78. The molecule has 0 N–H and O–H groups in total. The summed E-state index contributed by atoms with van der Waals surface area (Å²) in [6, 6.07) is 24.5. The molecule has 0 saturated heterocycles. The third kappa shape index (κ3) is 6.63. The smallest absolute Gasteiger partial charge is 0.191 e. The second kappa shape index (κ2) is 10.6. The van der Waals surface area contributed by atoms with E-state index in [0.29, 0.717) is 9.92 Å². The number of aryl methyl sites for hydroxylation is 1. The summed E-state index contributed by atoms with van der Waals surface area (Å²) in [6.07, 6.45) is 7.79. The SMILES string of the molecule is Cc1ccc(S(=O)N=NC(C=CC=Cc2ccccc2)c2ccc(Cl)cc2)cc1. The van der Waals surface area contributed by atoms with Gasteiger partial charge in [0.1, 0.15) is 6.04 Å². The molecule has 0 aliphatic carbocycles. The van der Waals surface area contributed by atoms with E-state index in [0.717, 1.165) is 16.7 Å². The van der Waals surface area contributed by atoms with E-state index >= 15 is 0 Å². The molecular formula is C24H21ClN2OS.